The number of anilines is 1. The molecule has 1 saturated heterocycles. The maximum atomic E-state index is 13.2. The van der Waals surface area contributed by atoms with Crippen molar-refractivity contribution < 1.29 is 18.3 Å². The zero-order valence-electron chi connectivity index (χ0n) is 11.3. The molecular weight excluding hydrogens is 381 g/mol. The Kier molecular flexibility index (Phi) is 4.46. The van der Waals surface area contributed by atoms with Gasteiger partial charge in [0.25, 0.3) is 5.92 Å². The highest BCUT2D eigenvalue weighted by Gasteiger charge is 2.36. The molecule has 0 bridgehead atoms. The van der Waals surface area contributed by atoms with Crippen LogP contribution >= 0.6 is 22.6 Å². The second-order valence-electron chi connectivity index (χ2n) is 4.76. The average Bonchev–Trinajstić information content (AvgIpc) is 2.41. The molecular formula is C13H15F2IN2O2. The molecule has 0 aliphatic carbocycles. The van der Waals surface area contributed by atoms with E-state index in [1.165, 1.54) is 7.11 Å². The Hall–Kier alpha value is -0.990. The predicted molar refractivity (Wildman–Crippen MR) is 79.4 cm³/mol. The van der Waals surface area contributed by atoms with Crippen LogP contribution in [0.4, 0.5) is 14.6 Å². The second-order valence-corrected chi connectivity index (χ2v) is 5.93. The van der Waals surface area contributed by atoms with Gasteiger partial charge in [-0.1, -0.05) is 0 Å². The van der Waals surface area contributed by atoms with E-state index in [4.69, 9.17) is 4.74 Å². The average molecular weight is 396 g/mol. The molecule has 0 unspecified atom stereocenters. The number of aromatic nitrogens is 1. The third kappa shape index (κ3) is 3.02. The molecule has 2 rings (SSSR count). The minimum atomic E-state index is -2.62. The van der Waals surface area contributed by atoms with Gasteiger partial charge >= 0.3 is 5.97 Å². The van der Waals surface area contributed by atoms with E-state index in [-0.39, 0.29) is 25.9 Å². The summed E-state index contributed by atoms with van der Waals surface area (Å²) in [5, 5.41) is 0. The highest BCUT2D eigenvalue weighted by molar-refractivity contribution is 14.1. The fourth-order valence-corrected chi connectivity index (χ4v) is 2.61. The molecule has 4 nitrogen and oxygen atoms in total. The number of methoxy groups -OCH3 is 1. The number of hydrogen-bond donors (Lipinski definition) is 0. The van der Waals surface area contributed by atoms with Crippen LogP contribution < -0.4 is 4.90 Å². The van der Waals surface area contributed by atoms with Gasteiger partial charge in [-0.3, -0.25) is 0 Å². The maximum Gasteiger partial charge on any atom is 0.341 e. The molecule has 0 atom stereocenters. The van der Waals surface area contributed by atoms with Gasteiger partial charge in [-0.05, 0) is 35.1 Å². The molecule has 20 heavy (non-hydrogen) atoms. The molecule has 7 heteroatoms. The minimum Gasteiger partial charge on any atom is -0.465 e. The Morgan fingerprint density at radius 1 is 1.45 bits per heavy atom. The monoisotopic (exact) mass is 396 g/mol. The number of hydrogen-bond acceptors (Lipinski definition) is 4. The zero-order chi connectivity index (χ0) is 14.9. The van der Waals surface area contributed by atoms with E-state index >= 15 is 0 Å². The van der Waals surface area contributed by atoms with E-state index in [9.17, 15) is 13.6 Å². The van der Waals surface area contributed by atoms with E-state index in [0.29, 0.717) is 11.4 Å². The second kappa shape index (κ2) is 5.79. The number of halogens is 3. The number of ether oxygens (including phenoxy) is 1. The van der Waals surface area contributed by atoms with Gasteiger partial charge in [0.1, 0.15) is 11.4 Å². The third-order valence-corrected chi connectivity index (χ3v) is 4.53. The van der Waals surface area contributed by atoms with E-state index in [2.05, 4.69) is 27.6 Å². The number of alkyl halides is 2. The molecule has 0 radical (unpaired) electrons. The lowest BCUT2D eigenvalue weighted by atomic mass is 10.0. The topological polar surface area (TPSA) is 42.4 Å². The van der Waals surface area contributed by atoms with Crippen LogP contribution in [0, 0.1) is 10.5 Å². The van der Waals surface area contributed by atoms with Gasteiger partial charge in [-0.25, -0.2) is 18.6 Å². The van der Waals surface area contributed by atoms with Crippen LogP contribution in [0.15, 0.2) is 6.20 Å². The van der Waals surface area contributed by atoms with E-state index in [1.807, 2.05) is 0 Å². The van der Waals surface area contributed by atoms with Crippen molar-refractivity contribution in [2.24, 2.45) is 0 Å². The summed E-state index contributed by atoms with van der Waals surface area (Å²) >= 11 is 2.08. The van der Waals surface area contributed by atoms with Crippen LogP contribution in [0.3, 0.4) is 0 Å². The van der Waals surface area contributed by atoms with Gasteiger partial charge in [-0.15, -0.1) is 0 Å². The van der Waals surface area contributed by atoms with Crippen molar-refractivity contribution >= 4 is 34.4 Å². The number of rotatable bonds is 2. The summed E-state index contributed by atoms with van der Waals surface area (Å²) in [7, 11) is 1.30. The lowest BCUT2D eigenvalue weighted by molar-refractivity contribution is -0.0221. The Bertz CT molecular complexity index is 527. The lowest BCUT2D eigenvalue weighted by Crippen LogP contribution is -2.40. The van der Waals surface area contributed by atoms with Crippen molar-refractivity contribution in [3.63, 3.8) is 0 Å². The number of piperidine rings is 1. The van der Waals surface area contributed by atoms with Gasteiger partial charge < -0.3 is 9.64 Å². The predicted octanol–water partition coefficient (Wildman–Crippen LogP) is 3.02. The SMILES string of the molecule is COC(=O)c1c(N2CCC(F)(F)CC2)ncc(I)c1C. The molecule has 1 fully saturated rings. The number of esters is 1. The van der Waals surface area contributed by atoms with Crippen LogP contribution in [0.2, 0.25) is 0 Å². The Labute approximate surface area is 129 Å². The molecule has 0 spiro atoms. The Balaban J connectivity index is 2.37. The van der Waals surface area contributed by atoms with Crippen molar-refractivity contribution in [3.05, 3.63) is 20.9 Å². The highest BCUT2D eigenvalue weighted by atomic mass is 127. The normalized spacial score (nSPS) is 17.9. The molecule has 1 aromatic heterocycles. The quantitative estimate of drug-likeness (QED) is 0.570. The minimum absolute atomic E-state index is 0.185. The van der Waals surface area contributed by atoms with Crippen LogP contribution in [0.25, 0.3) is 0 Å². The fourth-order valence-electron chi connectivity index (χ4n) is 2.20. The smallest absolute Gasteiger partial charge is 0.341 e. The van der Waals surface area contributed by atoms with Gasteiger partial charge in [0.05, 0.1) is 7.11 Å². The van der Waals surface area contributed by atoms with Gasteiger partial charge in [0.15, 0.2) is 0 Å². The lowest BCUT2D eigenvalue weighted by Gasteiger charge is -2.33. The number of nitrogens with zero attached hydrogens (tertiary/aromatic N) is 2. The first-order valence-corrected chi connectivity index (χ1v) is 7.30. The molecule has 2 heterocycles. The van der Waals surface area contributed by atoms with Gasteiger partial charge in [0, 0.05) is 35.7 Å². The molecule has 1 aromatic rings. The first kappa shape index (κ1) is 15.4. The van der Waals surface area contributed by atoms with E-state index in [0.717, 1.165) is 9.13 Å². The largest absolute Gasteiger partial charge is 0.465 e. The van der Waals surface area contributed by atoms with Crippen LogP contribution in [0.1, 0.15) is 28.8 Å². The zero-order valence-corrected chi connectivity index (χ0v) is 13.4. The van der Waals surface area contributed by atoms with E-state index in [1.54, 1.807) is 18.0 Å². The summed E-state index contributed by atoms with van der Waals surface area (Å²) < 4.78 is 32.1. The third-order valence-electron chi connectivity index (χ3n) is 3.44. The summed E-state index contributed by atoms with van der Waals surface area (Å²) in [4.78, 5) is 17.9. The van der Waals surface area contributed by atoms with Crippen molar-refractivity contribution in [1.29, 1.82) is 0 Å². The van der Waals surface area contributed by atoms with Crippen LogP contribution in [-0.2, 0) is 4.74 Å². The first-order chi connectivity index (χ1) is 9.35. The van der Waals surface area contributed by atoms with Gasteiger partial charge in [-0.2, -0.15) is 0 Å². The first-order valence-electron chi connectivity index (χ1n) is 6.22. The number of carbonyl (C=O) groups is 1. The maximum absolute atomic E-state index is 13.2. The summed E-state index contributed by atoms with van der Waals surface area (Å²) in [6.45, 7) is 2.17. The molecule has 0 aromatic carbocycles. The summed E-state index contributed by atoms with van der Waals surface area (Å²) in [6.07, 6.45) is 1.20. The fraction of sp³-hybridized carbons (Fsp3) is 0.538. The molecule has 0 amide bonds. The number of carbonyl (C=O) groups excluding carboxylic acids is 1. The molecule has 110 valence electrons. The van der Waals surface area contributed by atoms with Crippen LogP contribution in [0.5, 0.6) is 0 Å². The molecule has 1 aliphatic heterocycles. The summed E-state index contributed by atoms with van der Waals surface area (Å²) in [5.74, 6) is -2.67. The summed E-state index contributed by atoms with van der Waals surface area (Å²) in [6, 6.07) is 0. The Morgan fingerprint density at radius 2 is 2.05 bits per heavy atom. The van der Waals surface area contributed by atoms with Crippen molar-refractivity contribution in [2.75, 3.05) is 25.1 Å². The molecule has 0 N–H and O–H groups in total. The van der Waals surface area contributed by atoms with Gasteiger partial charge in [0.2, 0.25) is 0 Å². The van der Waals surface area contributed by atoms with Crippen LogP contribution in [-0.4, -0.2) is 37.1 Å². The van der Waals surface area contributed by atoms with Crippen molar-refractivity contribution in [2.45, 2.75) is 25.7 Å². The van der Waals surface area contributed by atoms with E-state index < -0.39 is 11.9 Å². The van der Waals surface area contributed by atoms with Crippen molar-refractivity contribution in [1.82, 2.24) is 4.98 Å². The van der Waals surface area contributed by atoms with Crippen molar-refractivity contribution in [3.8, 4) is 0 Å². The highest BCUT2D eigenvalue weighted by Crippen LogP contribution is 2.32. The number of pyridine rings is 1. The standard InChI is InChI=1S/C13H15F2IN2O2/c1-8-9(16)7-17-11(10(8)12(19)20-2)18-5-3-13(14,15)4-6-18/h7H,3-6H2,1-2H3. The Morgan fingerprint density at radius 3 is 2.60 bits per heavy atom. The molecule has 1 aliphatic rings. The summed E-state index contributed by atoms with van der Waals surface area (Å²) in [5.41, 5.74) is 1.13. The molecule has 0 saturated carbocycles.